The molecule has 136 valence electrons. The number of likely N-dealkylation sites (tertiary alicyclic amines) is 1. The van der Waals surface area contributed by atoms with E-state index in [-0.39, 0.29) is 12.1 Å². The standard InChI is InChI=1S/C20H28N2O3/c23-19(22-12-10-20(11-13-22)24-14-15-25-20)21-18(17-8-4-5-9-17)16-6-2-1-3-7-16/h1-3,6-7,17-18H,4-5,8-15H2,(H,21,23)/t18-/m1/s1. The lowest BCUT2D eigenvalue weighted by Gasteiger charge is -2.38. The second-order valence-corrected chi connectivity index (χ2v) is 7.48. The van der Waals surface area contributed by atoms with Crippen LogP contribution in [0.25, 0.3) is 0 Å². The number of urea groups is 1. The van der Waals surface area contributed by atoms with Crippen molar-refractivity contribution in [2.24, 2.45) is 5.92 Å². The minimum atomic E-state index is -0.430. The molecule has 2 aliphatic heterocycles. The molecule has 2 amide bonds. The van der Waals surface area contributed by atoms with Crippen LogP contribution in [0.5, 0.6) is 0 Å². The zero-order valence-corrected chi connectivity index (χ0v) is 14.8. The van der Waals surface area contributed by atoms with E-state index in [2.05, 4.69) is 29.6 Å². The second-order valence-electron chi connectivity index (χ2n) is 7.48. The van der Waals surface area contributed by atoms with Gasteiger partial charge >= 0.3 is 6.03 Å². The predicted octanol–water partition coefficient (Wildman–Crippen LogP) is 3.47. The van der Waals surface area contributed by atoms with Crippen molar-refractivity contribution in [3.05, 3.63) is 35.9 Å². The van der Waals surface area contributed by atoms with Gasteiger partial charge in [-0.25, -0.2) is 4.79 Å². The number of amides is 2. The molecule has 0 bridgehead atoms. The quantitative estimate of drug-likeness (QED) is 0.913. The summed E-state index contributed by atoms with van der Waals surface area (Å²) in [6, 6.07) is 10.6. The number of hydrogen-bond acceptors (Lipinski definition) is 3. The van der Waals surface area contributed by atoms with Crippen LogP contribution in [-0.4, -0.2) is 43.0 Å². The molecule has 0 radical (unpaired) electrons. The lowest BCUT2D eigenvalue weighted by Crippen LogP contribution is -2.51. The van der Waals surface area contributed by atoms with Crippen molar-refractivity contribution in [3.63, 3.8) is 0 Å². The molecule has 0 aromatic heterocycles. The van der Waals surface area contributed by atoms with Crippen LogP contribution in [0.1, 0.15) is 50.1 Å². The fraction of sp³-hybridized carbons (Fsp3) is 0.650. The van der Waals surface area contributed by atoms with Gasteiger partial charge in [-0.3, -0.25) is 0 Å². The summed E-state index contributed by atoms with van der Waals surface area (Å²) >= 11 is 0. The van der Waals surface area contributed by atoms with Crippen LogP contribution in [0.4, 0.5) is 4.79 Å². The first-order chi connectivity index (χ1) is 12.3. The van der Waals surface area contributed by atoms with Gasteiger partial charge in [-0.05, 0) is 24.3 Å². The summed E-state index contributed by atoms with van der Waals surface area (Å²) in [5.41, 5.74) is 1.22. The molecule has 1 N–H and O–H groups in total. The molecule has 5 heteroatoms. The molecule has 1 atom stereocenters. The number of ether oxygens (including phenoxy) is 2. The normalized spacial score (nSPS) is 24.6. The van der Waals surface area contributed by atoms with E-state index in [0.29, 0.717) is 32.2 Å². The lowest BCUT2D eigenvalue weighted by molar-refractivity contribution is -0.181. The highest BCUT2D eigenvalue weighted by Crippen LogP contribution is 2.36. The van der Waals surface area contributed by atoms with Gasteiger partial charge in [0.1, 0.15) is 0 Å². The van der Waals surface area contributed by atoms with E-state index in [1.165, 1.54) is 31.2 Å². The highest BCUT2D eigenvalue weighted by Gasteiger charge is 2.41. The number of hydrogen-bond donors (Lipinski definition) is 1. The Morgan fingerprint density at radius 1 is 1.08 bits per heavy atom. The third-order valence-electron chi connectivity index (χ3n) is 5.93. The highest BCUT2D eigenvalue weighted by atomic mass is 16.7. The van der Waals surface area contributed by atoms with Crippen LogP contribution in [-0.2, 0) is 9.47 Å². The summed E-state index contributed by atoms with van der Waals surface area (Å²) in [5, 5.41) is 3.33. The Balaban J connectivity index is 1.40. The summed E-state index contributed by atoms with van der Waals surface area (Å²) in [4.78, 5) is 14.8. The molecular formula is C20H28N2O3. The fourth-order valence-corrected chi connectivity index (χ4v) is 4.48. The Morgan fingerprint density at radius 3 is 2.36 bits per heavy atom. The molecule has 1 aromatic rings. The molecule has 2 saturated heterocycles. The third kappa shape index (κ3) is 3.67. The SMILES string of the molecule is O=C(N[C@H](c1ccccc1)C1CCCC1)N1CCC2(CC1)OCCO2. The monoisotopic (exact) mass is 344 g/mol. The van der Waals surface area contributed by atoms with Crippen molar-refractivity contribution in [1.29, 1.82) is 0 Å². The summed E-state index contributed by atoms with van der Waals surface area (Å²) in [5.74, 6) is 0.116. The molecule has 1 aliphatic carbocycles. The smallest absolute Gasteiger partial charge is 0.317 e. The molecule has 25 heavy (non-hydrogen) atoms. The molecule has 2 heterocycles. The minimum Gasteiger partial charge on any atom is -0.347 e. The van der Waals surface area contributed by atoms with Crippen LogP contribution >= 0.6 is 0 Å². The predicted molar refractivity (Wildman–Crippen MR) is 95.1 cm³/mol. The van der Waals surface area contributed by atoms with Gasteiger partial charge in [-0.2, -0.15) is 0 Å². The molecule has 3 fully saturated rings. The molecule has 1 aromatic carbocycles. The highest BCUT2D eigenvalue weighted by molar-refractivity contribution is 5.75. The van der Waals surface area contributed by atoms with Gasteiger partial charge in [0.2, 0.25) is 0 Å². The first kappa shape index (κ1) is 16.9. The molecule has 4 rings (SSSR count). The number of rotatable bonds is 3. The van der Waals surface area contributed by atoms with Gasteiger partial charge in [0.25, 0.3) is 0 Å². The van der Waals surface area contributed by atoms with Crippen molar-refractivity contribution in [2.75, 3.05) is 26.3 Å². The number of benzene rings is 1. The minimum absolute atomic E-state index is 0.0496. The van der Waals surface area contributed by atoms with E-state index in [4.69, 9.17) is 9.47 Å². The maximum atomic E-state index is 12.9. The molecule has 1 saturated carbocycles. The molecular weight excluding hydrogens is 316 g/mol. The largest absolute Gasteiger partial charge is 0.347 e. The van der Waals surface area contributed by atoms with Gasteiger partial charge in [0, 0.05) is 25.9 Å². The molecule has 1 spiro atoms. The number of carbonyl (C=O) groups is 1. The van der Waals surface area contributed by atoms with Crippen molar-refractivity contribution in [2.45, 2.75) is 50.4 Å². The second kappa shape index (κ2) is 7.34. The van der Waals surface area contributed by atoms with Crippen LogP contribution in [0, 0.1) is 5.92 Å². The summed E-state index contributed by atoms with van der Waals surface area (Å²) in [7, 11) is 0. The summed E-state index contributed by atoms with van der Waals surface area (Å²) in [6.07, 6.45) is 6.46. The van der Waals surface area contributed by atoms with Gasteiger partial charge < -0.3 is 19.7 Å². The summed E-state index contributed by atoms with van der Waals surface area (Å²) < 4.78 is 11.5. The number of nitrogens with one attached hydrogen (secondary N) is 1. The topological polar surface area (TPSA) is 50.8 Å². The van der Waals surface area contributed by atoms with E-state index in [1.807, 2.05) is 11.0 Å². The zero-order chi connectivity index (χ0) is 17.1. The van der Waals surface area contributed by atoms with Crippen LogP contribution in [0.15, 0.2) is 30.3 Å². The van der Waals surface area contributed by atoms with E-state index >= 15 is 0 Å². The Kier molecular flexibility index (Phi) is 4.95. The van der Waals surface area contributed by atoms with Crippen LogP contribution in [0.2, 0.25) is 0 Å². The maximum absolute atomic E-state index is 12.9. The Morgan fingerprint density at radius 2 is 1.72 bits per heavy atom. The van der Waals surface area contributed by atoms with Gasteiger partial charge in [-0.1, -0.05) is 43.2 Å². The van der Waals surface area contributed by atoms with Gasteiger partial charge in [0.05, 0.1) is 19.3 Å². The van der Waals surface area contributed by atoms with E-state index in [9.17, 15) is 4.79 Å². The number of nitrogens with zero attached hydrogens (tertiary/aromatic N) is 1. The van der Waals surface area contributed by atoms with E-state index in [0.717, 1.165) is 12.8 Å². The Hall–Kier alpha value is -1.59. The van der Waals surface area contributed by atoms with E-state index in [1.54, 1.807) is 0 Å². The maximum Gasteiger partial charge on any atom is 0.317 e. The zero-order valence-electron chi connectivity index (χ0n) is 14.8. The van der Waals surface area contributed by atoms with Crippen molar-refractivity contribution < 1.29 is 14.3 Å². The number of carbonyl (C=O) groups excluding carboxylic acids is 1. The first-order valence-corrected chi connectivity index (χ1v) is 9.64. The first-order valence-electron chi connectivity index (χ1n) is 9.64. The van der Waals surface area contributed by atoms with Gasteiger partial charge in [0.15, 0.2) is 5.79 Å². The Labute approximate surface area is 149 Å². The third-order valence-corrected chi connectivity index (χ3v) is 5.93. The average molecular weight is 344 g/mol. The molecule has 3 aliphatic rings. The Bertz CT molecular complexity index is 570. The average Bonchev–Trinajstić information content (AvgIpc) is 3.33. The summed E-state index contributed by atoms with van der Waals surface area (Å²) in [6.45, 7) is 2.73. The van der Waals surface area contributed by atoms with Crippen LogP contribution < -0.4 is 5.32 Å². The van der Waals surface area contributed by atoms with E-state index < -0.39 is 5.79 Å². The number of piperidine rings is 1. The molecule has 0 unspecified atom stereocenters. The van der Waals surface area contributed by atoms with Gasteiger partial charge in [-0.15, -0.1) is 0 Å². The molecule has 5 nitrogen and oxygen atoms in total. The van der Waals surface area contributed by atoms with Crippen molar-refractivity contribution in [3.8, 4) is 0 Å². The van der Waals surface area contributed by atoms with Crippen molar-refractivity contribution >= 4 is 6.03 Å². The van der Waals surface area contributed by atoms with Crippen molar-refractivity contribution in [1.82, 2.24) is 10.2 Å². The van der Waals surface area contributed by atoms with Crippen LogP contribution in [0.3, 0.4) is 0 Å². The lowest BCUT2D eigenvalue weighted by atomic mass is 9.91. The fourth-order valence-electron chi connectivity index (χ4n) is 4.48.